The molecule has 0 unspecified atom stereocenters. The third kappa shape index (κ3) is 4.28. The number of rotatable bonds is 7. The molecule has 5 heteroatoms. The van der Waals surface area contributed by atoms with Crippen molar-refractivity contribution in [3.8, 4) is 11.5 Å². The first-order chi connectivity index (χ1) is 9.12. The molecule has 5 nitrogen and oxygen atoms in total. The van der Waals surface area contributed by atoms with Crippen molar-refractivity contribution in [3.63, 3.8) is 0 Å². The van der Waals surface area contributed by atoms with Crippen LogP contribution < -0.4 is 9.47 Å². The van der Waals surface area contributed by atoms with Crippen LogP contribution in [0.1, 0.15) is 31.1 Å². The van der Waals surface area contributed by atoms with Gasteiger partial charge in [0.1, 0.15) is 11.5 Å². The summed E-state index contributed by atoms with van der Waals surface area (Å²) in [5, 5.41) is 0. The quantitative estimate of drug-likeness (QED) is 0.430. The zero-order valence-corrected chi connectivity index (χ0v) is 11.4. The minimum Gasteiger partial charge on any atom is -0.494 e. The van der Waals surface area contributed by atoms with E-state index in [1.54, 1.807) is 13.0 Å². The van der Waals surface area contributed by atoms with E-state index in [0.717, 1.165) is 0 Å². The van der Waals surface area contributed by atoms with E-state index in [0.29, 0.717) is 24.7 Å². The van der Waals surface area contributed by atoms with Gasteiger partial charge >= 0.3 is 5.97 Å². The lowest BCUT2D eigenvalue weighted by atomic mass is 10.1. The zero-order chi connectivity index (χ0) is 14.3. The lowest BCUT2D eigenvalue weighted by Crippen LogP contribution is -2.17. The smallest absolute Gasteiger partial charge is 0.379 e. The molecule has 0 aliphatic rings. The summed E-state index contributed by atoms with van der Waals surface area (Å²) in [6.45, 7) is 6.40. The highest BCUT2D eigenvalue weighted by Gasteiger charge is 2.19. The Hall–Kier alpha value is -2.04. The molecular formula is C14H18O5. The normalized spacial score (nSPS) is 9.84. The third-order valence-corrected chi connectivity index (χ3v) is 2.23. The van der Waals surface area contributed by atoms with Gasteiger partial charge in [-0.3, -0.25) is 4.79 Å². The van der Waals surface area contributed by atoms with Crippen LogP contribution in [0.4, 0.5) is 0 Å². The molecule has 0 aromatic heterocycles. The number of esters is 1. The first-order valence-electron chi connectivity index (χ1n) is 6.24. The summed E-state index contributed by atoms with van der Waals surface area (Å²) in [7, 11) is 0. The molecule has 0 fully saturated rings. The van der Waals surface area contributed by atoms with Crippen LogP contribution in [-0.4, -0.2) is 31.6 Å². The summed E-state index contributed by atoms with van der Waals surface area (Å²) in [6.07, 6.45) is 0. The Morgan fingerprint density at radius 2 is 1.42 bits per heavy atom. The maximum Gasteiger partial charge on any atom is 0.379 e. The van der Waals surface area contributed by atoms with Crippen LogP contribution in [-0.2, 0) is 9.53 Å². The SMILES string of the molecule is CCOC(=O)C(=O)c1cc(OCC)cc(OCC)c1. The largest absolute Gasteiger partial charge is 0.494 e. The number of Topliss-reactive ketones (excluding diaryl/α,β-unsaturated/α-hetero) is 1. The molecular weight excluding hydrogens is 248 g/mol. The number of hydrogen-bond donors (Lipinski definition) is 0. The monoisotopic (exact) mass is 266 g/mol. The average Bonchev–Trinajstić information content (AvgIpc) is 2.38. The van der Waals surface area contributed by atoms with Crippen molar-refractivity contribution in [1.29, 1.82) is 0 Å². The molecule has 1 aromatic rings. The first kappa shape index (κ1) is 15.0. The van der Waals surface area contributed by atoms with Gasteiger partial charge in [-0.05, 0) is 32.9 Å². The van der Waals surface area contributed by atoms with E-state index in [2.05, 4.69) is 4.74 Å². The van der Waals surface area contributed by atoms with Gasteiger partial charge in [0.25, 0.3) is 5.78 Å². The number of carbonyl (C=O) groups excluding carboxylic acids is 2. The van der Waals surface area contributed by atoms with Crippen LogP contribution in [0, 0.1) is 0 Å². The van der Waals surface area contributed by atoms with Crippen LogP contribution >= 0.6 is 0 Å². The molecule has 0 saturated heterocycles. The molecule has 0 spiro atoms. The highest BCUT2D eigenvalue weighted by atomic mass is 16.5. The Balaban J connectivity index is 3.04. The van der Waals surface area contributed by atoms with Crippen LogP contribution in [0.3, 0.4) is 0 Å². The Morgan fingerprint density at radius 1 is 0.895 bits per heavy atom. The molecule has 0 radical (unpaired) electrons. The van der Waals surface area contributed by atoms with E-state index >= 15 is 0 Å². The Morgan fingerprint density at radius 3 is 1.84 bits per heavy atom. The lowest BCUT2D eigenvalue weighted by molar-refractivity contribution is -0.137. The fourth-order valence-electron chi connectivity index (χ4n) is 1.52. The van der Waals surface area contributed by atoms with Gasteiger partial charge in [-0.2, -0.15) is 0 Å². The van der Waals surface area contributed by atoms with Crippen LogP contribution in [0.2, 0.25) is 0 Å². The topological polar surface area (TPSA) is 61.8 Å². The Labute approximate surface area is 112 Å². The molecule has 1 rings (SSSR count). The number of benzene rings is 1. The van der Waals surface area contributed by atoms with Gasteiger partial charge < -0.3 is 14.2 Å². The molecule has 0 aliphatic carbocycles. The van der Waals surface area contributed by atoms with Crippen molar-refractivity contribution in [3.05, 3.63) is 23.8 Å². The second-order valence-electron chi connectivity index (χ2n) is 3.61. The molecule has 0 heterocycles. The lowest BCUT2D eigenvalue weighted by Gasteiger charge is -2.09. The van der Waals surface area contributed by atoms with E-state index < -0.39 is 11.8 Å². The molecule has 104 valence electrons. The number of hydrogen-bond acceptors (Lipinski definition) is 5. The van der Waals surface area contributed by atoms with Crippen LogP contribution in [0.5, 0.6) is 11.5 Å². The Kier molecular flexibility index (Phi) is 5.85. The summed E-state index contributed by atoms with van der Waals surface area (Å²) < 4.78 is 15.4. The maximum atomic E-state index is 11.9. The second-order valence-corrected chi connectivity index (χ2v) is 3.61. The number of ether oxygens (including phenoxy) is 3. The maximum absolute atomic E-state index is 11.9. The van der Waals surface area contributed by atoms with Gasteiger partial charge in [-0.25, -0.2) is 4.79 Å². The minimum absolute atomic E-state index is 0.161. The summed E-state index contributed by atoms with van der Waals surface area (Å²) in [4.78, 5) is 23.3. The van der Waals surface area contributed by atoms with Crippen molar-refractivity contribution in [1.82, 2.24) is 0 Å². The van der Waals surface area contributed by atoms with Gasteiger partial charge in [-0.15, -0.1) is 0 Å². The summed E-state index contributed by atoms with van der Waals surface area (Å²) in [5.41, 5.74) is 0.202. The van der Waals surface area contributed by atoms with Gasteiger partial charge in [-0.1, -0.05) is 0 Å². The summed E-state index contributed by atoms with van der Waals surface area (Å²) in [6, 6.07) is 4.69. The van der Waals surface area contributed by atoms with Crippen molar-refractivity contribution in [2.45, 2.75) is 20.8 Å². The fraction of sp³-hybridized carbons (Fsp3) is 0.429. The number of carbonyl (C=O) groups is 2. The van der Waals surface area contributed by atoms with E-state index in [9.17, 15) is 9.59 Å². The van der Waals surface area contributed by atoms with Crippen molar-refractivity contribution < 1.29 is 23.8 Å². The highest BCUT2D eigenvalue weighted by Crippen LogP contribution is 2.23. The molecule has 19 heavy (non-hydrogen) atoms. The van der Waals surface area contributed by atoms with Crippen molar-refractivity contribution >= 4 is 11.8 Å². The molecule has 0 saturated carbocycles. The molecule has 0 N–H and O–H groups in total. The molecule has 0 amide bonds. The van der Waals surface area contributed by atoms with E-state index in [1.165, 1.54) is 12.1 Å². The predicted molar refractivity (Wildman–Crippen MR) is 69.7 cm³/mol. The predicted octanol–water partition coefficient (Wildman–Crippen LogP) is 2.23. The highest BCUT2D eigenvalue weighted by molar-refractivity contribution is 6.40. The van der Waals surface area contributed by atoms with Gasteiger partial charge in [0.15, 0.2) is 0 Å². The van der Waals surface area contributed by atoms with Crippen molar-refractivity contribution in [2.24, 2.45) is 0 Å². The van der Waals surface area contributed by atoms with Gasteiger partial charge in [0.2, 0.25) is 0 Å². The number of ketones is 1. The van der Waals surface area contributed by atoms with Gasteiger partial charge in [0, 0.05) is 11.6 Å². The summed E-state index contributed by atoms with van der Waals surface area (Å²) >= 11 is 0. The summed E-state index contributed by atoms with van der Waals surface area (Å²) in [5.74, 6) is -0.606. The minimum atomic E-state index is -0.876. The second kappa shape index (κ2) is 7.41. The van der Waals surface area contributed by atoms with E-state index in [1.807, 2.05) is 13.8 Å². The standard InChI is InChI=1S/C14H18O5/c1-4-17-11-7-10(8-12(9-11)18-5-2)13(15)14(16)19-6-3/h7-9H,4-6H2,1-3H3. The molecule has 0 atom stereocenters. The molecule has 0 bridgehead atoms. The zero-order valence-electron chi connectivity index (χ0n) is 11.4. The van der Waals surface area contributed by atoms with E-state index in [4.69, 9.17) is 9.47 Å². The van der Waals surface area contributed by atoms with Gasteiger partial charge in [0.05, 0.1) is 19.8 Å². The average molecular weight is 266 g/mol. The third-order valence-electron chi connectivity index (χ3n) is 2.23. The van der Waals surface area contributed by atoms with Crippen LogP contribution in [0.15, 0.2) is 18.2 Å². The Bertz CT molecular complexity index is 429. The van der Waals surface area contributed by atoms with Crippen LogP contribution in [0.25, 0.3) is 0 Å². The van der Waals surface area contributed by atoms with E-state index in [-0.39, 0.29) is 12.2 Å². The van der Waals surface area contributed by atoms with Crippen molar-refractivity contribution in [2.75, 3.05) is 19.8 Å². The molecule has 0 aliphatic heterocycles. The molecule has 1 aromatic carbocycles. The fourth-order valence-corrected chi connectivity index (χ4v) is 1.52. The first-order valence-corrected chi connectivity index (χ1v) is 6.24.